The van der Waals surface area contributed by atoms with Crippen LogP contribution in [0.4, 0.5) is 4.39 Å². The van der Waals surface area contributed by atoms with E-state index in [1.807, 2.05) is 43.3 Å². The second-order valence-corrected chi connectivity index (χ2v) is 5.97. The molecular formula is C18H15BrFN. The molecule has 0 aliphatic rings. The van der Waals surface area contributed by atoms with Crippen molar-refractivity contribution in [3.8, 4) is 0 Å². The summed E-state index contributed by atoms with van der Waals surface area (Å²) in [5.74, 6) is -0.215. The Balaban J connectivity index is 2.21. The van der Waals surface area contributed by atoms with Crippen molar-refractivity contribution in [3.63, 3.8) is 0 Å². The first kappa shape index (κ1) is 14.2. The summed E-state index contributed by atoms with van der Waals surface area (Å²) in [6.45, 7) is 2.03. The molecule has 0 aliphatic heterocycles. The molecule has 0 aliphatic carbocycles. The third-order valence-electron chi connectivity index (χ3n) is 3.88. The van der Waals surface area contributed by atoms with Gasteiger partial charge in [0, 0.05) is 9.86 Å². The van der Waals surface area contributed by atoms with Gasteiger partial charge < -0.3 is 5.73 Å². The molecule has 0 saturated heterocycles. The van der Waals surface area contributed by atoms with Gasteiger partial charge in [-0.3, -0.25) is 0 Å². The quantitative estimate of drug-likeness (QED) is 0.688. The fourth-order valence-electron chi connectivity index (χ4n) is 2.69. The second kappa shape index (κ2) is 5.58. The minimum Gasteiger partial charge on any atom is -0.320 e. The average molecular weight is 344 g/mol. The summed E-state index contributed by atoms with van der Waals surface area (Å²) < 4.78 is 15.0. The summed E-state index contributed by atoms with van der Waals surface area (Å²) in [6, 6.07) is 16.4. The standard InChI is InChI=1S/C18H15BrFN/c1-11-12(7-4-8-16(11)19)18(21)15-9-10-17(20)14-6-3-2-5-13(14)15/h2-10,18H,21H2,1H3. The Morgan fingerprint density at radius 1 is 0.905 bits per heavy atom. The molecule has 0 bridgehead atoms. The highest BCUT2D eigenvalue weighted by atomic mass is 79.9. The number of nitrogens with two attached hydrogens (primary N) is 1. The highest BCUT2D eigenvalue weighted by Gasteiger charge is 2.16. The van der Waals surface area contributed by atoms with Crippen LogP contribution in [0.25, 0.3) is 10.8 Å². The molecule has 3 aromatic rings. The summed E-state index contributed by atoms with van der Waals surface area (Å²) in [6.07, 6.45) is 0. The number of halogens is 2. The van der Waals surface area contributed by atoms with Crippen molar-refractivity contribution in [2.24, 2.45) is 5.73 Å². The van der Waals surface area contributed by atoms with Crippen LogP contribution in [0.5, 0.6) is 0 Å². The SMILES string of the molecule is Cc1c(Br)cccc1C(N)c1ccc(F)c2ccccc12. The maximum absolute atomic E-state index is 13.9. The Hall–Kier alpha value is -1.71. The molecule has 106 valence electrons. The van der Waals surface area contributed by atoms with Crippen LogP contribution in [0.3, 0.4) is 0 Å². The van der Waals surface area contributed by atoms with E-state index in [-0.39, 0.29) is 11.9 Å². The molecule has 3 heteroatoms. The van der Waals surface area contributed by atoms with Crippen LogP contribution >= 0.6 is 15.9 Å². The fourth-order valence-corrected chi connectivity index (χ4v) is 3.07. The molecule has 1 atom stereocenters. The topological polar surface area (TPSA) is 26.0 Å². The lowest BCUT2D eigenvalue weighted by Crippen LogP contribution is -2.14. The van der Waals surface area contributed by atoms with E-state index in [0.717, 1.165) is 26.5 Å². The van der Waals surface area contributed by atoms with Crippen molar-refractivity contribution in [1.29, 1.82) is 0 Å². The van der Waals surface area contributed by atoms with Gasteiger partial charge in [-0.2, -0.15) is 0 Å². The van der Waals surface area contributed by atoms with Crippen molar-refractivity contribution < 1.29 is 4.39 Å². The number of fused-ring (bicyclic) bond motifs is 1. The van der Waals surface area contributed by atoms with Crippen LogP contribution in [-0.4, -0.2) is 0 Å². The van der Waals surface area contributed by atoms with Gasteiger partial charge in [-0.25, -0.2) is 4.39 Å². The highest BCUT2D eigenvalue weighted by molar-refractivity contribution is 9.10. The minimum absolute atomic E-state index is 0.215. The van der Waals surface area contributed by atoms with Crippen molar-refractivity contribution in [2.75, 3.05) is 0 Å². The van der Waals surface area contributed by atoms with Gasteiger partial charge >= 0.3 is 0 Å². The van der Waals surface area contributed by atoms with Gasteiger partial charge in [0.15, 0.2) is 0 Å². The zero-order valence-electron chi connectivity index (χ0n) is 11.6. The summed E-state index contributed by atoms with van der Waals surface area (Å²) in [5, 5.41) is 1.47. The zero-order chi connectivity index (χ0) is 15.0. The Kier molecular flexibility index (Phi) is 3.79. The molecule has 0 amide bonds. The predicted octanol–water partition coefficient (Wildman–Crippen LogP) is 5.10. The molecule has 3 aromatic carbocycles. The van der Waals surface area contributed by atoms with Gasteiger partial charge in [-0.15, -0.1) is 0 Å². The fraction of sp³-hybridized carbons (Fsp3) is 0.111. The molecule has 0 aromatic heterocycles. The van der Waals surface area contributed by atoms with E-state index in [0.29, 0.717) is 5.39 Å². The van der Waals surface area contributed by atoms with Gasteiger partial charge in [0.2, 0.25) is 0 Å². The molecule has 21 heavy (non-hydrogen) atoms. The minimum atomic E-state index is -0.284. The lowest BCUT2D eigenvalue weighted by molar-refractivity contribution is 0.639. The van der Waals surface area contributed by atoms with Gasteiger partial charge in [0.25, 0.3) is 0 Å². The third-order valence-corrected chi connectivity index (χ3v) is 4.74. The molecule has 0 heterocycles. The van der Waals surface area contributed by atoms with E-state index in [4.69, 9.17) is 5.73 Å². The Bertz CT molecular complexity index is 813. The molecule has 1 nitrogen and oxygen atoms in total. The molecule has 0 fully saturated rings. The van der Waals surface area contributed by atoms with Crippen LogP contribution in [0.15, 0.2) is 59.1 Å². The predicted molar refractivity (Wildman–Crippen MR) is 88.8 cm³/mol. The number of benzene rings is 3. The highest BCUT2D eigenvalue weighted by Crippen LogP contribution is 2.32. The van der Waals surface area contributed by atoms with Crippen LogP contribution in [-0.2, 0) is 0 Å². The zero-order valence-corrected chi connectivity index (χ0v) is 13.2. The Morgan fingerprint density at radius 3 is 2.38 bits per heavy atom. The van der Waals surface area contributed by atoms with Crippen molar-refractivity contribution in [2.45, 2.75) is 13.0 Å². The van der Waals surface area contributed by atoms with Crippen LogP contribution in [0, 0.1) is 12.7 Å². The molecule has 1 unspecified atom stereocenters. The molecule has 0 saturated carbocycles. The summed E-state index contributed by atoms with van der Waals surface area (Å²) in [7, 11) is 0. The molecular weight excluding hydrogens is 329 g/mol. The first-order valence-electron chi connectivity index (χ1n) is 6.77. The van der Waals surface area contributed by atoms with E-state index < -0.39 is 0 Å². The van der Waals surface area contributed by atoms with E-state index in [2.05, 4.69) is 15.9 Å². The van der Waals surface area contributed by atoms with Crippen LogP contribution in [0.1, 0.15) is 22.7 Å². The molecule has 2 N–H and O–H groups in total. The Labute approximate surface area is 131 Å². The van der Waals surface area contributed by atoms with Crippen molar-refractivity contribution in [3.05, 3.63) is 81.6 Å². The van der Waals surface area contributed by atoms with E-state index >= 15 is 0 Å². The number of rotatable bonds is 2. The summed E-state index contributed by atoms with van der Waals surface area (Å²) in [4.78, 5) is 0. The van der Waals surface area contributed by atoms with Crippen LogP contribution < -0.4 is 5.73 Å². The van der Waals surface area contributed by atoms with E-state index in [1.54, 1.807) is 12.1 Å². The van der Waals surface area contributed by atoms with Gasteiger partial charge in [0.05, 0.1) is 6.04 Å². The first-order valence-corrected chi connectivity index (χ1v) is 7.56. The van der Waals surface area contributed by atoms with Crippen LogP contribution in [0.2, 0.25) is 0 Å². The molecule has 0 radical (unpaired) electrons. The van der Waals surface area contributed by atoms with Gasteiger partial charge in [-0.1, -0.05) is 58.4 Å². The maximum Gasteiger partial charge on any atom is 0.131 e. The third kappa shape index (κ3) is 2.47. The molecule has 0 spiro atoms. The monoisotopic (exact) mass is 343 g/mol. The first-order chi connectivity index (χ1) is 10.1. The van der Waals surface area contributed by atoms with Gasteiger partial charge in [-0.05, 0) is 41.1 Å². The lowest BCUT2D eigenvalue weighted by Gasteiger charge is -2.18. The number of hydrogen-bond donors (Lipinski definition) is 1. The Morgan fingerprint density at radius 2 is 1.62 bits per heavy atom. The smallest absolute Gasteiger partial charge is 0.131 e. The molecule has 3 rings (SSSR count). The van der Waals surface area contributed by atoms with Crippen molar-refractivity contribution >= 4 is 26.7 Å². The average Bonchev–Trinajstić information content (AvgIpc) is 2.50. The largest absolute Gasteiger partial charge is 0.320 e. The lowest BCUT2D eigenvalue weighted by atomic mass is 9.92. The van der Waals surface area contributed by atoms with E-state index in [9.17, 15) is 4.39 Å². The second-order valence-electron chi connectivity index (χ2n) is 5.11. The van der Waals surface area contributed by atoms with E-state index in [1.165, 1.54) is 6.07 Å². The van der Waals surface area contributed by atoms with Gasteiger partial charge in [0.1, 0.15) is 5.82 Å². The maximum atomic E-state index is 13.9. The number of hydrogen-bond acceptors (Lipinski definition) is 1. The summed E-state index contributed by atoms with van der Waals surface area (Å²) in [5.41, 5.74) is 9.55. The summed E-state index contributed by atoms with van der Waals surface area (Å²) >= 11 is 3.53. The van der Waals surface area contributed by atoms with Crippen molar-refractivity contribution in [1.82, 2.24) is 0 Å². The normalized spacial score (nSPS) is 12.6.